The van der Waals surface area contributed by atoms with Crippen molar-refractivity contribution in [3.05, 3.63) is 29.3 Å². The first-order valence-corrected chi connectivity index (χ1v) is 6.87. The van der Waals surface area contributed by atoms with Gasteiger partial charge in [0.05, 0.1) is 5.92 Å². The van der Waals surface area contributed by atoms with Crippen LogP contribution in [0.2, 0.25) is 0 Å². The summed E-state index contributed by atoms with van der Waals surface area (Å²) in [5, 5.41) is 2.75. The van der Waals surface area contributed by atoms with Crippen LogP contribution >= 0.6 is 0 Å². The van der Waals surface area contributed by atoms with E-state index >= 15 is 0 Å². The maximum Gasteiger partial charge on any atom is 0.227 e. The van der Waals surface area contributed by atoms with Crippen LogP contribution in [-0.4, -0.2) is 31.4 Å². The fourth-order valence-electron chi connectivity index (χ4n) is 2.58. The maximum atomic E-state index is 12.1. The molecule has 0 saturated carbocycles. The number of benzene rings is 1. The molecule has 1 aromatic carbocycles. The molecule has 1 saturated heterocycles. The Balaban J connectivity index is 2.11. The third-order valence-electron chi connectivity index (χ3n) is 3.46. The Labute approximate surface area is 119 Å². The summed E-state index contributed by atoms with van der Waals surface area (Å²) in [4.78, 5) is 25.7. The van der Waals surface area contributed by atoms with Crippen LogP contribution in [0.15, 0.2) is 18.2 Å². The normalized spacial score (nSPS) is 18.4. The Hall–Kier alpha value is -1.88. The minimum absolute atomic E-state index is 0.00268. The maximum absolute atomic E-state index is 12.1. The van der Waals surface area contributed by atoms with Gasteiger partial charge in [0.2, 0.25) is 11.8 Å². The van der Waals surface area contributed by atoms with E-state index in [0.29, 0.717) is 19.6 Å². The monoisotopic (exact) mass is 275 g/mol. The zero-order valence-electron chi connectivity index (χ0n) is 12.0. The van der Waals surface area contributed by atoms with Crippen molar-refractivity contribution >= 4 is 17.5 Å². The third-order valence-corrected chi connectivity index (χ3v) is 3.46. The predicted octanol–water partition coefficient (Wildman–Crippen LogP) is 0.731. The van der Waals surface area contributed by atoms with Crippen LogP contribution in [0.1, 0.15) is 17.5 Å². The van der Waals surface area contributed by atoms with E-state index in [0.717, 1.165) is 16.8 Å². The molecule has 1 fully saturated rings. The molecule has 1 aliphatic heterocycles. The number of aryl methyl sites for hydroxylation is 2. The highest BCUT2D eigenvalue weighted by Gasteiger charge is 2.34. The van der Waals surface area contributed by atoms with Crippen molar-refractivity contribution in [2.24, 2.45) is 11.7 Å². The smallest absolute Gasteiger partial charge is 0.227 e. The number of nitrogens with one attached hydrogen (secondary N) is 1. The molecule has 2 amide bonds. The zero-order chi connectivity index (χ0) is 14.7. The molecular formula is C15H21N3O2. The average Bonchev–Trinajstić information content (AvgIpc) is 2.77. The van der Waals surface area contributed by atoms with Crippen LogP contribution < -0.4 is 16.0 Å². The number of carbonyl (C=O) groups is 2. The molecule has 1 atom stereocenters. The summed E-state index contributed by atoms with van der Waals surface area (Å²) >= 11 is 0. The van der Waals surface area contributed by atoms with E-state index in [-0.39, 0.29) is 24.2 Å². The highest BCUT2D eigenvalue weighted by Crippen LogP contribution is 2.26. The van der Waals surface area contributed by atoms with E-state index < -0.39 is 0 Å². The molecule has 2 rings (SSSR count). The zero-order valence-corrected chi connectivity index (χ0v) is 12.0. The van der Waals surface area contributed by atoms with Gasteiger partial charge in [-0.3, -0.25) is 9.59 Å². The second-order valence-corrected chi connectivity index (χ2v) is 5.33. The standard InChI is InChI=1S/C15H21N3O2/c1-10-5-11(2)7-13(6-10)18-9-12(8-14(18)19)15(20)17-4-3-16/h5-7,12H,3-4,8-9,16H2,1-2H3,(H,17,20). The van der Waals surface area contributed by atoms with Gasteiger partial charge in [-0.25, -0.2) is 0 Å². The van der Waals surface area contributed by atoms with Crippen molar-refractivity contribution in [2.45, 2.75) is 20.3 Å². The van der Waals surface area contributed by atoms with Crippen molar-refractivity contribution < 1.29 is 9.59 Å². The molecule has 5 nitrogen and oxygen atoms in total. The van der Waals surface area contributed by atoms with E-state index in [1.165, 1.54) is 0 Å². The van der Waals surface area contributed by atoms with E-state index in [9.17, 15) is 9.59 Å². The largest absolute Gasteiger partial charge is 0.355 e. The number of anilines is 1. The number of carbonyl (C=O) groups excluding carboxylic acids is 2. The molecular weight excluding hydrogens is 254 g/mol. The summed E-state index contributed by atoms with van der Waals surface area (Å²) in [7, 11) is 0. The molecule has 0 radical (unpaired) electrons. The van der Waals surface area contributed by atoms with Gasteiger partial charge in [-0.2, -0.15) is 0 Å². The van der Waals surface area contributed by atoms with E-state index in [4.69, 9.17) is 5.73 Å². The van der Waals surface area contributed by atoms with E-state index in [2.05, 4.69) is 11.4 Å². The first-order chi connectivity index (χ1) is 9.51. The second kappa shape index (κ2) is 6.05. The lowest BCUT2D eigenvalue weighted by molar-refractivity contribution is -0.126. The molecule has 5 heteroatoms. The Morgan fingerprint density at radius 3 is 2.60 bits per heavy atom. The molecule has 1 unspecified atom stereocenters. The Morgan fingerprint density at radius 1 is 1.35 bits per heavy atom. The second-order valence-electron chi connectivity index (χ2n) is 5.33. The Kier molecular flexibility index (Phi) is 4.39. The molecule has 0 aliphatic carbocycles. The average molecular weight is 275 g/mol. The van der Waals surface area contributed by atoms with Gasteiger partial charge in [-0.05, 0) is 37.1 Å². The van der Waals surface area contributed by atoms with Crippen LogP contribution in [0, 0.1) is 19.8 Å². The number of amides is 2. The SMILES string of the molecule is Cc1cc(C)cc(N2CC(C(=O)NCCN)CC2=O)c1. The molecule has 0 spiro atoms. The van der Waals surface area contributed by atoms with Crippen molar-refractivity contribution in [1.82, 2.24) is 5.32 Å². The van der Waals surface area contributed by atoms with Gasteiger partial charge in [-0.15, -0.1) is 0 Å². The third kappa shape index (κ3) is 3.17. The van der Waals surface area contributed by atoms with Crippen LogP contribution in [0.3, 0.4) is 0 Å². The summed E-state index contributed by atoms with van der Waals surface area (Å²) in [6, 6.07) is 6.02. The lowest BCUT2D eigenvalue weighted by atomic mass is 10.1. The first kappa shape index (κ1) is 14.5. The Morgan fingerprint density at radius 2 is 2.00 bits per heavy atom. The van der Waals surface area contributed by atoms with Gasteiger partial charge in [0.25, 0.3) is 0 Å². The van der Waals surface area contributed by atoms with Gasteiger partial charge < -0.3 is 16.0 Å². The summed E-state index contributed by atoms with van der Waals surface area (Å²) < 4.78 is 0. The molecule has 1 heterocycles. The van der Waals surface area contributed by atoms with Crippen LogP contribution in [0.25, 0.3) is 0 Å². The van der Waals surface area contributed by atoms with Gasteiger partial charge in [-0.1, -0.05) is 6.07 Å². The summed E-state index contributed by atoms with van der Waals surface area (Å²) in [5.74, 6) is -0.367. The highest BCUT2D eigenvalue weighted by atomic mass is 16.2. The first-order valence-electron chi connectivity index (χ1n) is 6.87. The number of nitrogens with two attached hydrogens (primary N) is 1. The number of hydrogen-bond acceptors (Lipinski definition) is 3. The lowest BCUT2D eigenvalue weighted by Gasteiger charge is -2.18. The molecule has 108 valence electrons. The molecule has 0 bridgehead atoms. The van der Waals surface area contributed by atoms with Gasteiger partial charge in [0.1, 0.15) is 0 Å². The molecule has 0 aromatic heterocycles. The van der Waals surface area contributed by atoms with Crippen LogP contribution in [0.5, 0.6) is 0 Å². The summed E-state index contributed by atoms with van der Waals surface area (Å²) in [5.41, 5.74) is 8.47. The minimum atomic E-state index is -0.283. The van der Waals surface area contributed by atoms with Gasteiger partial charge in [0.15, 0.2) is 0 Å². The molecule has 1 aromatic rings. The van der Waals surface area contributed by atoms with Gasteiger partial charge >= 0.3 is 0 Å². The molecule has 3 N–H and O–H groups in total. The quantitative estimate of drug-likeness (QED) is 0.850. The van der Waals surface area contributed by atoms with Crippen LogP contribution in [0.4, 0.5) is 5.69 Å². The lowest BCUT2D eigenvalue weighted by Crippen LogP contribution is -2.35. The highest BCUT2D eigenvalue weighted by molar-refractivity contribution is 6.00. The van der Waals surface area contributed by atoms with Crippen LogP contribution in [-0.2, 0) is 9.59 Å². The van der Waals surface area contributed by atoms with Crippen molar-refractivity contribution in [3.8, 4) is 0 Å². The van der Waals surface area contributed by atoms with E-state index in [1.54, 1.807) is 4.90 Å². The fraction of sp³-hybridized carbons (Fsp3) is 0.467. The Bertz CT molecular complexity index is 508. The summed E-state index contributed by atoms with van der Waals surface area (Å²) in [6.07, 6.45) is 0.267. The van der Waals surface area contributed by atoms with Gasteiger partial charge in [0, 0.05) is 31.7 Å². The number of hydrogen-bond donors (Lipinski definition) is 2. The fourth-order valence-corrected chi connectivity index (χ4v) is 2.58. The molecule has 20 heavy (non-hydrogen) atoms. The van der Waals surface area contributed by atoms with Crippen molar-refractivity contribution in [1.29, 1.82) is 0 Å². The summed E-state index contributed by atoms with van der Waals surface area (Å²) in [6.45, 7) is 5.31. The van der Waals surface area contributed by atoms with E-state index in [1.807, 2.05) is 26.0 Å². The number of rotatable bonds is 4. The van der Waals surface area contributed by atoms with Crippen molar-refractivity contribution in [2.75, 3.05) is 24.5 Å². The number of nitrogens with zero attached hydrogens (tertiary/aromatic N) is 1. The minimum Gasteiger partial charge on any atom is -0.355 e. The predicted molar refractivity (Wildman–Crippen MR) is 78.4 cm³/mol. The van der Waals surface area contributed by atoms with Crippen molar-refractivity contribution in [3.63, 3.8) is 0 Å². The topological polar surface area (TPSA) is 75.4 Å². The molecule has 1 aliphatic rings.